The molecule has 0 bridgehead atoms. The Kier molecular flexibility index (Phi) is 6.27. The number of ether oxygens (including phenoxy) is 2. The van der Waals surface area contributed by atoms with E-state index in [0.29, 0.717) is 17.5 Å². The lowest BCUT2D eigenvalue weighted by atomic mass is 10.1. The van der Waals surface area contributed by atoms with Gasteiger partial charge in [-0.3, -0.25) is 4.90 Å². The number of aromatic nitrogens is 3. The van der Waals surface area contributed by atoms with Gasteiger partial charge in [-0.15, -0.1) is 0 Å². The molecule has 3 heterocycles. The summed E-state index contributed by atoms with van der Waals surface area (Å²) in [5.74, 6) is 1.53. The van der Waals surface area contributed by atoms with Crippen LogP contribution in [0.2, 0.25) is 5.02 Å². The molecule has 7 nitrogen and oxygen atoms in total. The first-order valence-electron chi connectivity index (χ1n) is 9.65. The Labute approximate surface area is 174 Å². The second-order valence-electron chi connectivity index (χ2n) is 7.10. The Morgan fingerprint density at radius 1 is 1.10 bits per heavy atom. The second-order valence-corrected chi connectivity index (χ2v) is 7.54. The van der Waals surface area contributed by atoms with Crippen molar-refractivity contribution in [3.05, 3.63) is 64.8 Å². The summed E-state index contributed by atoms with van der Waals surface area (Å²) in [6.07, 6.45) is 5.13. The SMILES string of the molecule is Cc1cc(COc2nccnc2OC2CCN(Cc3ccc(Cl)cc3)CC2)no1. The van der Waals surface area contributed by atoms with Crippen LogP contribution < -0.4 is 9.47 Å². The lowest BCUT2D eigenvalue weighted by Gasteiger charge is -2.32. The van der Waals surface area contributed by atoms with Crippen molar-refractivity contribution < 1.29 is 14.0 Å². The van der Waals surface area contributed by atoms with E-state index in [2.05, 4.69) is 32.2 Å². The molecule has 4 rings (SSSR count). The van der Waals surface area contributed by atoms with Gasteiger partial charge in [-0.2, -0.15) is 0 Å². The van der Waals surface area contributed by atoms with E-state index < -0.39 is 0 Å². The highest BCUT2D eigenvalue weighted by molar-refractivity contribution is 6.30. The lowest BCUT2D eigenvalue weighted by molar-refractivity contribution is 0.0882. The molecule has 0 radical (unpaired) electrons. The third-order valence-corrected chi connectivity index (χ3v) is 5.05. The molecule has 0 saturated carbocycles. The maximum Gasteiger partial charge on any atom is 0.278 e. The van der Waals surface area contributed by atoms with Gasteiger partial charge in [0, 0.05) is 43.1 Å². The Morgan fingerprint density at radius 3 is 2.52 bits per heavy atom. The standard InChI is InChI=1S/C21H23ClN4O3/c1-15-12-18(25-29-15)14-27-20-21(24-9-8-23-20)28-19-6-10-26(11-7-19)13-16-2-4-17(22)5-3-16/h2-5,8-9,12,19H,6-7,10-11,13-14H2,1H3. The van der Waals surface area contributed by atoms with Gasteiger partial charge >= 0.3 is 0 Å². The molecular formula is C21H23ClN4O3. The van der Waals surface area contributed by atoms with Gasteiger partial charge in [0.1, 0.15) is 24.2 Å². The highest BCUT2D eigenvalue weighted by Gasteiger charge is 2.23. The molecule has 0 spiro atoms. The van der Waals surface area contributed by atoms with Crippen molar-refractivity contribution >= 4 is 11.6 Å². The molecule has 0 N–H and O–H groups in total. The zero-order chi connectivity index (χ0) is 20.1. The summed E-state index contributed by atoms with van der Waals surface area (Å²) < 4.78 is 16.9. The van der Waals surface area contributed by atoms with Crippen LogP contribution in [0.1, 0.15) is 29.9 Å². The molecule has 2 aromatic heterocycles. The van der Waals surface area contributed by atoms with E-state index in [1.807, 2.05) is 25.1 Å². The van der Waals surface area contributed by atoms with Crippen molar-refractivity contribution in [3.8, 4) is 11.8 Å². The third-order valence-electron chi connectivity index (χ3n) is 4.80. The normalized spacial score (nSPS) is 15.4. The van der Waals surface area contributed by atoms with Crippen LogP contribution in [0.25, 0.3) is 0 Å². The van der Waals surface area contributed by atoms with Gasteiger partial charge in [0.05, 0.1) is 0 Å². The zero-order valence-electron chi connectivity index (χ0n) is 16.3. The summed E-state index contributed by atoms with van der Waals surface area (Å²) in [7, 11) is 0. The average Bonchev–Trinajstić information content (AvgIpc) is 3.16. The highest BCUT2D eigenvalue weighted by atomic mass is 35.5. The number of benzene rings is 1. The fraction of sp³-hybridized carbons (Fsp3) is 0.381. The first kappa shape index (κ1) is 19.7. The largest absolute Gasteiger partial charge is 0.470 e. The van der Waals surface area contributed by atoms with Gasteiger partial charge in [0.2, 0.25) is 0 Å². The first-order valence-corrected chi connectivity index (χ1v) is 10.0. The van der Waals surface area contributed by atoms with Gasteiger partial charge in [-0.1, -0.05) is 28.9 Å². The predicted molar refractivity (Wildman–Crippen MR) is 108 cm³/mol. The molecular weight excluding hydrogens is 392 g/mol. The molecule has 1 aliphatic heterocycles. The van der Waals surface area contributed by atoms with Crippen molar-refractivity contribution in [3.63, 3.8) is 0 Å². The summed E-state index contributed by atoms with van der Waals surface area (Å²) in [5.41, 5.74) is 1.97. The fourth-order valence-electron chi connectivity index (χ4n) is 3.31. The van der Waals surface area contributed by atoms with Crippen LogP contribution in [0.4, 0.5) is 0 Å². The van der Waals surface area contributed by atoms with E-state index in [1.165, 1.54) is 5.56 Å². The lowest BCUT2D eigenvalue weighted by Crippen LogP contribution is -2.38. The number of hydrogen-bond acceptors (Lipinski definition) is 7. The average molecular weight is 415 g/mol. The van der Waals surface area contributed by atoms with Gasteiger partial charge in [0.15, 0.2) is 0 Å². The fourth-order valence-corrected chi connectivity index (χ4v) is 3.44. The number of hydrogen-bond donors (Lipinski definition) is 0. The molecule has 0 amide bonds. The summed E-state index contributed by atoms with van der Waals surface area (Å²) >= 11 is 5.96. The first-order chi connectivity index (χ1) is 14.2. The quantitative estimate of drug-likeness (QED) is 0.577. The van der Waals surface area contributed by atoms with Crippen LogP contribution in [0, 0.1) is 6.92 Å². The Balaban J connectivity index is 1.29. The van der Waals surface area contributed by atoms with E-state index in [4.69, 9.17) is 25.6 Å². The van der Waals surface area contributed by atoms with Crippen molar-refractivity contribution in [2.75, 3.05) is 13.1 Å². The third kappa shape index (κ3) is 5.46. The maximum atomic E-state index is 6.11. The van der Waals surface area contributed by atoms with E-state index in [1.54, 1.807) is 12.4 Å². The molecule has 3 aromatic rings. The van der Waals surface area contributed by atoms with Gasteiger partial charge < -0.3 is 14.0 Å². The molecule has 1 saturated heterocycles. The summed E-state index contributed by atoms with van der Waals surface area (Å²) in [5, 5.41) is 4.69. The van der Waals surface area contributed by atoms with Crippen LogP contribution in [0.5, 0.6) is 11.8 Å². The molecule has 0 atom stereocenters. The van der Waals surface area contributed by atoms with Crippen molar-refractivity contribution in [2.24, 2.45) is 0 Å². The number of rotatable bonds is 7. The number of nitrogens with zero attached hydrogens (tertiary/aromatic N) is 4. The summed E-state index contributed by atoms with van der Waals surface area (Å²) in [6.45, 7) is 4.93. The molecule has 0 aliphatic carbocycles. The van der Waals surface area contributed by atoms with Gasteiger partial charge in [-0.05, 0) is 37.5 Å². The monoisotopic (exact) mass is 414 g/mol. The number of likely N-dealkylation sites (tertiary alicyclic amines) is 1. The van der Waals surface area contributed by atoms with Crippen molar-refractivity contribution in [2.45, 2.75) is 39.0 Å². The predicted octanol–water partition coefficient (Wildman–Crippen LogP) is 4.05. The molecule has 29 heavy (non-hydrogen) atoms. The van der Waals surface area contributed by atoms with E-state index in [9.17, 15) is 0 Å². The van der Waals surface area contributed by atoms with Crippen LogP contribution in [0.15, 0.2) is 47.2 Å². The van der Waals surface area contributed by atoms with Crippen molar-refractivity contribution in [1.82, 2.24) is 20.0 Å². The number of halogens is 1. The number of aryl methyl sites for hydroxylation is 1. The summed E-state index contributed by atoms with van der Waals surface area (Å²) in [6, 6.07) is 9.84. The van der Waals surface area contributed by atoms with Crippen LogP contribution >= 0.6 is 11.6 Å². The smallest absolute Gasteiger partial charge is 0.278 e. The van der Waals surface area contributed by atoms with E-state index in [0.717, 1.165) is 43.3 Å². The molecule has 152 valence electrons. The Bertz CT molecular complexity index is 924. The van der Waals surface area contributed by atoms with Crippen LogP contribution in [-0.2, 0) is 13.2 Å². The van der Waals surface area contributed by atoms with Gasteiger partial charge in [-0.25, -0.2) is 9.97 Å². The minimum atomic E-state index is 0.0878. The highest BCUT2D eigenvalue weighted by Crippen LogP contribution is 2.26. The zero-order valence-corrected chi connectivity index (χ0v) is 17.0. The Hall–Kier alpha value is -2.64. The van der Waals surface area contributed by atoms with Gasteiger partial charge in [0.25, 0.3) is 11.8 Å². The molecule has 1 aliphatic rings. The van der Waals surface area contributed by atoms with Crippen LogP contribution in [-0.4, -0.2) is 39.2 Å². The molecule has 1 fully saturated rings. The van der Waals surface area contributed by atoms with E-state index >= 15 is 0 Å². The van der Waals surface area contributed by atoms with Crippen LogP contribution in [0.3, 0.4) is 0 Å². The minimum absolute atomic E-state index is 0.0878. The minimum Gasteiger partial charge on any atom is -0.470 e. The maximum absolute atomic E-state index is 6.11. The molecule has 8 heteroatoms. The molecule has 1 aromatic carbocycles. The molecule has 0 unspecified atom stereocenters. The topological polar surface area (TPSA) is 73.5 Å². The second kappa shape index (κ2) is 9.24. The number of piperidine rings is 1. The van der Waals surface area contributed by atoms with E-state index in [-0.39, 0.29) is 12.7 Å². The van der Waals surface area contributed by atoms with Crippen molar-refractivity contribution in [1.29, 1.82) is 0 Å². The Morgan fingerprint density at radius 2 is 1.83 bits per heavy atom. The summed E-state index contributed by atoms with van der Waals surface area (Å²) in [4.78, 5) is 11.0.